The van der Waals surface area contributed by atoms with Gasteiger partial charge in [-0.25, -0.2) is 0 Å². The highest BCUT2D eigenvalue weighted by atomic mass is 15.4. The summed E-state index contributed by atoms with van der Waals surface area (Å²) in [5.74, 6) is 6.90. The average molecular weight is 87.1 g/mol. The van der Waals surface area contributed by atoms with E-state index in [0.29, 0.717) is 0 Å². The van der Waals surface area contributed by atoms with Crippen LogP contribution < -0.4 is 0 Å². The molecule has 0 heterocycles. The van der Waals surface area contributed by atoms with Crippen molar-refractivity contribution in [3.63, 3.8) is 0 Å². The van der Waals surface area contributed by atoms with Gasteiger partial charge in [-0.2, -0.15) is 0 Å². The SMILES string of the molecule is CCN([NH-])CC. The highest BCUT2D eigenvalue weighted by Crippen LogP contribution is 1.79. The molecule has 0 fully saturated rings. The van der Waals surface area contributed by atoms with Crippen LogP contribution in [0, 0.1) is 0 Å². The molecule has 0 rings (SSSR count). The minimum atomic E-state index is 0.830. The zero-order chi connectivity index (χ0) is 4.99. The molecular weight excluding hydrogens is 76.1 g/mol. The van der Waals surface area contributed by atoms with Crippen molar-refractivity contribution in [3.05, 3.63) is 5.84 Å². The summed E-state index contributed by atoms with van der Waals surface area (Å²) < 4.78 is 0. The molecule has 0 spiro atoms. The maximum Gasteiger partial charge on any atom is -0.0227 e. The van der Waals surface area contributed by atoms with Crippen molar-refractivity contribution < 1.29 is 0 Å². The second-order valence-corrected chi connectivity index (χ2v) is 1.17. The van der Waals surface area contributed by atoms with Gasteiger partial charge in [-0.05, 0) is 13.1 Å². The lowest BCUT2D eigenvalue weighted by molar-refractivity contribution is 0.421. The molecule has 0 aromatic rings. The fraction of sp³-hybridized carbons (Fsp3) is 1.00. The number of hydrogen-bond acceptors (Lipinski definition) is 1. The van der Waals surface area contributed by atoms with E-state index in [1.165, 1.54) is 5.01 Å². The van der Waals surface area contributed by atoms with Crippen LogP contribution >= 0.6 is 0 Å². The standard InChI is InChI=1S/C4H11N2/c1-3-6(5)4-2/h5H,3-4H2,1-2H3/q-1. The number of nitrogens with zero attached hydrogens (tertiary/aromatic N) is 1. The topological polar surface area (TPSA) is 27.0 Å². The first-order valence-corrected chi connectivity index (χ1v) is 2.27. The lowest BCUT2D eigenvalue weighted by atomic mass is 10.6. The Bertz CT molecular complexity index is 24.7. The molecule has 1 N–H and O–H groups in total. The van der Waals surface area contributed by atoms with E-state index in [4.69, 9.17) is 5.84 Å². The van der Waals surface area contributed by atoms with Crippen LogP contribution in [0.15, 0.2) is 0 Å². The summed E-state index contributed by atoms with van der Waals surface area (Å²) in [6.07, 6.45) is 0. The molecule has 6 heavy (non-hydrogen) atoms. The monoisotopic (exact) mass is 87.1 g/mol. The fourth-order valence-corrected chi connectivity index (χ4v) is 0.224. The van der Waals surface area contributed by atoms with E-state index in [2.05, 4.69) is 0 Å². The van der Waals surface area contributed by atoms with Crippen LogP contribution in [0.2, 0.25) is 0 Å². The van der Waals surface area contributed by atoms with Crippen LogP contribution in [0.1, 0.15) is 13.8 Å². The summed E-state index contributed by atoms with van der Waals surface area (Å²) >= 11 is 0. The molecule has 0 aromatic heterocycles. The maximum absolute atomic E-state index is 6.90. The average Bonchev–Trinajstić information content (AvgIpc) is 1.65. The summed E-state index contributed by atoms with van der Waals surface area (Å²) in [7, 11) is 0. The van der Waals surface area contributed by atoms with Crippen LogP contribution in [-0.4, -0.2) is 18.1 Å². The van der Waals surface area contributed by atoms with Crippen LogP contribution in [-0.2, 0) is 0 Å². The normalized spacial score (nSPS) is 10.0. The third-order valence-electron chi connectivity index (χ3n) is 0.763. The van der Waals surface area contributed by atoms with E-state index in [-0.39, 0.29) is 0 Å². The molecule has 0 amide bonds. The quantitative estimate of drug-likeness (QED) is 0.466. The molecule has 0 aliphatic carbocycles. The Hall–Kier alpha value is -0.0800. The molecule has 0 saturated carbocycles. The van der Waals surface area contributed by atoms with Gasteiger partial charge >= 0.3 is 0 Å². The summed E-state index contributed by atoms with van der Waals surface area (Å²) in [6.45, 7) is 5.60. The van der Waals surface area contributed by atoms with Crippen LogP contribution in [0.25, 0.3) is 5.84 Å². The summed E-state index contributed by atoms with van der Waals surface area (Å²) in [5, 5.41) is 1.50. The number of hydrogen-bond donors (Lipinski definition) is 0. The zero-order valence-corrected chi connectivity index (χ0v) is 4.36. The Morgan fingerprint density at radius 2 is 1.67 bits per heavy atom. The molecule has 0 unspecified atom stereocenters. The molecule has 2 heteroatoms. The van der Waals surface area contributed by atoms with Crippen molar-refractivity contribution in [3.8, 4) is 0 Å². The Kier molecular flexibility index (Phi) is 3.08. The highest BCUT2D eigenvalue weighted by molar-refractivity contribution is 4.45. The van der Waals surface area contributed by atoms with Gasteiger partial charge in [-0.15, -0.1) is 0 Å². The van der Waals surface area contributed by atoms with Gasteiger partial charge in [0.1, 0.15) is 0 Å². The minimum Gasteiger partial charge on any atom is -0.610 e. The van der Waals surface area contributed by atoms with Crippen LogP contribution in [0.3, 0.4) is 0 Å². The molecule has 0 aliphatic heterocycles. The first kappa shape index (κ1) is 5.92. The van der Waals surface area contributed by atoms with Crippen molar-refractivity contribution >= 4 is 0 Å². The zero-order valence-electron chi connectivity index (χ0n) is 4.36. The molecule has 2 nitrogen and oxygen atoms in total. The van der Waals surface area contributed by atoms with Gasteiger partial charge in [0.2, 0.25) is 0 Å². The summed E-state index contributed by atoms with van der Waals surface area (Å²) in [5.41, 5.74) is 0. The third-order valence-corrected chi connectivity index (χ3v) is 0.763. The van der Waals surface area contributed by atoms with Gasteiger partial charge in [0.25, 0.3) is 0 Å². The lowest BCUT2D eigenvalue weighted by Crippen LogP contribution is -2.11. The molecule has 0 aliphatic rings. The van der Waals surface area contributed by atoms with Gasteiger partial charge in [0.05, 0.1) is 0 Å². The maximum atomic E-state index is 6.90. The predicted octanol–water partition coefficient (Wildman–Crippen LogP) is 1.30. The Balaban J connectivity index is 2.75. The first-order chi connectivity index (χ1) is 2.81. The summed E-state index contributed by atoms with van der Waals surface area (Å²) in [6, 6.07) is 0. The van der Waals surface area contributed by atoms with Crippen molar-refractivity contribution in [1.82, 2.24) is 5.01 Å². The molecule has 0 bridgehead atoms. The van der Waals surface area contributed by atoms with Gasteiger partial charge in [0, 0.05) is 0 Å². The van der Waals surface area contributed by atoms with E-state index < -0.39 is 0 Å². The molecule has 0 radical (unpaired) electrons. The minimum absolute atomic E-state index is 0.830. The van der Waals surface area contributed by atoms with Gasteiger partial charge in [0.15, 0.2) is 0 Å². The van der Waals surface area contributed by atoms with E-state index in [1.807, 2.05) is 13.8 Å². The largest absolute Gasteiger partial charge is 0.610 e. The molecule has 38 valence electrons. The molecule has 0 saturated heterocycles. The van der Waals surface area contributed by atoms with Crippen LogP contribution in [0.4, 0.5) is 0 Å². The molecule has 0 atom stereocenters. The summed E-state index contributed by atoms with van der Waals surface area (Å²) in [4.78, 5) is 0. The Labute approximate surface area is 38.9 Å². The predicted molar refractivity (Wildman–Crippen MR) is 27.2 cm³/mol. The van der Waals surface area contributed by atoms with Crippen molar-refractivity contribution in [2.45, 2.75) is 13.8 Å². The van der Waals surface area contributed by atoms with E-state index in [9.17, 15) is 0 Å². The third kappa shape index (κ3) is 2.18. The van der Waals surface area contributed by atoms with Gasteiger partial charge < -0.3 is 10.9 Å². The second kappa shape index (κ2) is 3.12. The van der Waals surface area contributed by atoms with E-state index >= 15 is 0 Å². The Morgan fingerprint density at radius 3 is 1.67 bits per heavy atom. The number of nitrogens with one attached hydrogen (secondary N) is 1. The highest BCUT2D eigenvalue weighted by Gasteiger charge is 1.72. The molecule has 0 aromatic carbocycles. The number of rotatable bonds is 2. The van der Waals surface area contributed by atoms with E-state index in [1.54, 1.807) is 0 Å². The van der Waals surface area contributed by atoms with Gasteiger partial charge in [-0.3, -0.25) is 0 Å². The van der Waals surface area contributed by atoms with Crippen molar-refractivity contribution in [1.29, 1.82) is 0 Å². The van der Waals surface area contributed by atoms with Gasteiger partial charge in [-0.1, -0.05) is 13.8 Å². The second-order valence-electron chi connectivity index (χ2n) is 1.17. The Morgan fingerprint density at radius 1 is 1.33 bits per heavy atom. The first-order valence-electron chi connectivity index (χ1n) is 2.27. The smallest absolute Gasteiger partial charge is 0.0227 e. The van der Waals surface area contributed by atoms with Crippen molar-refractivity contribution in [2.75, 3.05) is 13.1 Å². The van der Waals surface area contributed by atoms with E-state index in [0.717, 1.165) is 13.1 Å². The molecular formula is C4H11N2-. The fourth-order valence-electron chi connectivity index (χ4n) is 0.224. The lowest BCUT2D eigenvalue weighted by Gasteiger charge is -2.20. The van der Waals surface area contributed by atoms with Crippen molar-refractivity contribution in [2.24, 2.45) is 0 Å². The van der Waals surface area contributed by atoms with Crippen LogP contribution in [0.5, 0.6) is 0 Å².